The van der Waals surface area contributed by atoms with Crippen LogP contribution in [0.4, 0.5) is 0 Å². The first kappa shape index (κ1) is 25.9. The number of nitrogens with one attached hydrogen (secondary N) is 1. The van der Waals surface area contributed by atoms with Gasteiger partial charge in [-0.1, -0.05) is 81.4 Å². The predicted molar refractivity (Wildman–Crippen MR) is 150 cm³/mol. The van der Waals surface area contributed by atoms with Crippen molar-refractivity contribution in [3.63, 3.8) is 0 Å². The Morgan fingerprint density at radius 1 is 0.895 bits per heavy atom. The van der Waals surface area contributed by atoms with Crippen LogP contribution in [-0.4, -0.2) is 22.6 Å². The highest BCUT2D eigenvalue weighted by molar-refractivity contribution is 7.09. The first-order valence-electron chi connectivity index (χ1n) is 12.8. The molecule has 0 saturated carbocycles. The molecule has 2 heterocycles. The van der Waals surface area contributed by atoms with Crippen LogP contribution in [0.1, 0.15) is 58.5 Å². The van der Waals surface area contributed by atoms with Gasteiger partial charge in [0.15, 0.2) is 11.5 Å². The zero-order valence-corrected chi connectivity index (χ0v) is 22.9. The van der Waals surface area contributed by atoms with Gasteiger partial charge in [-0.2, -0.15) is 0 Å². The molecule has 0 spiro atoms. The summed E-state index contributed by atoms with van der Waals surface area (Å²) >= 11 is 1.52. The minimum atomic E-state index is -0.156. The average molecular weight is 528 g/mol. The molecular weight excluding hydrogens is 494 g/mol. The number of carbonyl (C=O) groups excluding carboxylic acids is 1. The molecule has 0 atom stereocenters. The van der Waals surface area contributed by atoms with Gasteiger partial charge in [-0.15, -0.1) is 11.3 Å². The van der Waals surface area contributed by atoms with Gasteiger partial charge in [-0.3, -0.25) is 9.69 Å². The molecule has 5 rings (SSSR count). The minimum absolute atomic E-state index is 0.114. The molecule has 3 aromatic carbocycles. The number of thiazole rings is 1. The van der Waals surface area contributed by atoms with Crippen LogP contribution in [0.5, 0.6) is 11.5 Å². The molecule has 38 heavy (non-hydrogen) atoms. The topological polar surface area (TPSA) is 63.7 Å². The second-order valence-corrected chi connectivity index (χ2v) is 11.5. The number of amides is 1. The number of ether oxygens (including phenoxy) is 2. The number of hydrogen-bond acceptors (Lipinski definition) is 6. The van der Waals surface area contributed by atoms with E-state index in [1.807, 2.05) is 47.8 Å². The van der Waals surface area contributed by atoms with Gasteiger partial charge in [0.1, 0.15) is 10.7 Å². The second-order valence-electron chi connectivity index (χ2n) is 10.6. The molecule has 0 saturated heterocycles. The van der Waals surface area contributed by atoms with Crippen molar-refractivity contribution in [3.8, 4) is 11.5 Å². The number of rotatable bonds is 9. The van der Waals surface area contributed by atoms with Gasteiger partial charge >= 0.3 is 0 Å². The van der Waals surface area contributed by atoms with Gasteiger partial charge in [-0.05, 0) is 39.8 Å². The Kier molecular flexibility index (Phi) is 7.77. The summed E-state index contributed by atoms with van der Waals surface area (Å²) in [5.74, 6) is 1.41. The molecule has 0 bridgehead atoms. The molecule has 6 nitrogen and oxygen atoms in total. The van der Waals surface area contributed by atoms with E-state index >= 15 is 0 Å². The molecule has 1 N–H and O–H groups in total. The summed E-state index contributed by atoms with van der Waals surface area (Å²) in [5.41, 5.74) is 5.31. The summed E-state index contributed by atoms with van der Waals surface area (Å²) < 4.78 is 11.1. The van der Waals surface area contributed by atoms with Crippen molar-refractivity contribution >= 4 is 17.2 Å². The molecule has 196 valence electrons. The van der Waals surface area contributed by atoms with Gasteiger partial charge in [0.2, 0.25) is 6.79 Å². The fourth-order valence-corrected chi connectivity index (χ4v) is 5.20. The molecule has 1 aliphatic rings. The zero-order chi connectivity index (χ0) is 26.5. The standard InChI is InChI=1S/C31H33N3O3S/c1-31(2,3)25-12-9-23(10-13-25)17-34(18-24-11-14-27-28(15-24)37-21-36-27)19-29-33-26(20-38-29)30(35)32-16-22-7-5-4-6-8-22/h4-15,20H,16-19,21H2,1-3H3,(H,32,35). The fraction of sp³-hybridized carbons (Fsp3) is 0.290. The van der Waals surface area contributed by atoms with Crippen molar-refractivity contribution in [2.45, 2.75) is 52.4 Å². The first-order chi connectivity index (χ1) is 18.3. The van der Waals surface area contributed by atoms with E-state index in [0.717, 1.165) is 34.2 Å². The third-order valence-electron chi connectivity index (χ3n) is 6.51. The first-order valence-corrected chi connectivity index (χ1v) is 13.7. The summed E-state index contributed by atoms with van der Waals surface area (Å²) in [5, 5.41) is 5.71. The molecule has 0 unspecified atom stereocenters. The summed E-state index contributed by atoms with van der Waals surface area (Å²) in [6.07, 6.45) is 0. The Bertz CT molecular complexity index is 1380. The second kappa shape index (κ2) is 11.4. The van der Waals surface area contributed by atoms with Crippen LogP contribution < -0.4 is 14.8 Å². The van der Waals surface area contributed by atoms with E-state index in [0.29, 0.717) is 25.3 Å². The number of benzene rings is 3. The van der Waals surface area contributed by atoms with E-state index in [2.05, 4.69) is 66.3 Å². The summed E-state index contributed by atoms with van der Waals surface area (Å²) in [6.45, 7) is 9.52. The molecule has 0 fully saturated rings. The highest BCUT2D eigenvalue weighted by atomic mass is 32.1. The average Bonchev–Trinajstić information content (AvgIpc) is 3.57. The van der Waals surface area contributed by atoms with Crippen molar-refractivity contribution in [2.24, 2.45) is 0 Å². The maximum Gasteiger partial charge on any atom is 0.271 e. The summed E-state index contributed by atoms with van der Waals surface area (Å²) in [4.78, 5) is 19.7. The SMILES string of the molecule is CC(C)(C)c1ccc(CN(Cc2ccc3c(c2)OCO3)Cc2nc(C(=O)NCc3ccccc3)cs2)cc1. The lowest BCUT2D eigenvalue weighted by Gasteiger charge is -2.23. The van der Waals surface area contributed by atoms with E-state index in [-0.39, 0.29) is 18.1 Å². The van der Waals surface area contributed by atoms with Gasteiger partial charge < -0.3 is 14.8 Å². The van der Waals surface area contributed by atoms with E-state index in [1.54, 1.807) is 0 Å². The molecule has 1 amide bonds. The van der Waals surface area contributed by atoms with E-state index in [4.69, 9.17) is 9.47 Å². The molecular formula is C31H33N3O3S. The van der Waals surface area contributed by atoms with Gasteiger partial charge in [0, 0.05) is 25.0 Å². The van der Waals surface area contributed by atoms with Crippen LogP contribution in [-0.2, 0) is 31.6 Å². The smallest absolute Gasteiger partial charge is 0.271 e. The Morgan fingerprint density at radius 3 is 2.37 bits per heavy atom. The Hall–Kier alpha value is -3.68. The molecule has 0 aliphatic carbocycles. The number of nitrogens with zero attached hydrogens (tertiary/aromatic N) is 2. The van der Waals surface area contributed by atoms with Crippen molar-refractivity contribution in [1.82, 2.24) is 15.2 Å². The van der Waals surface area contributed by atoms with Crippen molar-refractivity contribution < 1.29 is 14.3 Å². The lowest BCUT2D eigenvalue weighted by molar-refractivity contribution is 0.0946. The number of carbonyl (C=O) groups is 1. The van der Waals surface area contributed by atoms with E-state index < -0.39 is 0 Å². The van der Waals surface area contributed by atoms with Crippen LogP contribution in [0.2, 0.25) is 0 Å². The number of hydrogen-bond donors (Lipinski definition) is 1. The van der Waals surface area contributed by atoms with E-state index in [1.165, 1.54) is 22.5 Å². The summed E-state index contributed by atoms with van der Waals surface area (Å²) in [6, 6.07) is 24.8. The minimum Gasteiger partial charge on any atom is -0.454 e. The quantitative estimate of drug-likeness (QED) is 0.277. The summed E-state index contributed by atoms with van der Waals surface area (Å²) in [7, 11) is 0. The number of aromatic nitrogens is 1. The van der Waals surface area contributed by atoms with Crippen LogP contribution >= 0.6 is 11.3 Å². The van der Waals surface area contributed by atoms with Crippen LogP contribution in [0.3, 0.4) is 0 Å². The fourth-order valence-electron chi connectivity index (χ4n) is 4.38. The Labute approximate surface area is 228 Å². The molecule has 7 heteroatoms. The van der Waals surface area contributed by atoms with Crippen molar-refractivity contribution in [1.29, 1.82) is 0 Å². The maximum atomic E-state index is 12.7. The van der Waals surface area contributed by atoms with Crippen LogP contribution in [0.15, 0.2) is 78.2 Å². The van der Waals surface area contributed by atoms with Gasteiger partial charge in [0.05, 0.1) is 6.54 Å². The van der Waals surface area contributed by atoms with Crippen LogP contribution in [0, 0.1) is 0 Å². The monoisotopic (exact) mass is 527 g/mol. The normalized spacial score (nSPS) is 12.6. The highest BCUT2D eigenvalue weighted by Crippen LogP contribution is 2.33. The zero-order valence-electron chi connectivity index (χ0n) is 22.1. The van der Waals surface area contributed by atoms with Crippen LogP contribution in [0.25, 0.3) is 0 Å². The lowest BCUT2D eigenvalue weighted by atomic mass is 9.87. The molecule has 1 aliphatic heterocycles. The van der Waals surface area contributed by atoms with Crippen molar-refractivity contribution in [3.05, 3.63) is 111 Å². The third-order valence-corrected chi connectivity index (χ3v) is 7.34. The molecule has 1 aromatic heterocycles. The Morgan fingerprint density at radius 2 is 1.61 bits per heavy atom. The largest absolute Gasteiger partial charge is 0.454 e. The third kappa shape index (κ3) is 6.60. The highest BCUT2D eigenvalue weighted by Gasteiger charge is 2.18. The predicted octanol–water partition coefficient (Wildman–Crippen LogP) is 6.30. The Balaban J connectivity index is 1.29. The molecule has 0 radical (unpaired) electrons. The van der Waals surface area contributed by atoms with Gasteiger partial charge in [-0.25, -0.2) is 4.98 Å². The molecule has 4 aromatic rings. The van der Waals surface area contributed by atoms with E-state index in [9.17, 15) is 4.79 Å². The number of fused-ring (bicyclic) bond motifs is 1. The maximum absolute atomic E-state index is 12.7. The van der Waals surface area contributed by atoms with Crippen molar-refractivity contribution in [2.75, 3.05) is 6.79 Å². The van der Waals surface area contributed by atoms with Gasteiger partial charge in [0.25, 0.3) is 5.91 Å². The lowest BCUT2D eigenvalue weighted by Crippen LogP contribution is -2.24.